The van der Waals surface area contributed by atoms with Gasteiger partial charge in [-0.25, -0.2) is 8.42 Å². The summed E-state index contributed by atoms with van der Waals surface area (Å²) < 4.78 is 25.5. The number of nitrogens with zero attached hydrogens (tertiary/aromatic N) is 2. The quantitative estimate of drug-likeness (QED) is 0.856. The van der Waals surface area contributed by atoms with E-state index in [1.807, 2.05) is 31.2 Å². The molecule has 0 unspecified atom stereocenters. The number of anilines is 1. The van der Waals surface area contributed by atoms with Crippen molar-refractivity contribution in [1.29, 1.82) is 0 Å². The molecule has 19 heavy (non-hydrogen) atoms. The van der Waals surface area contributed by atoms with Crippen LogP contribution in [0.15, 0.2) is 24.3 Å². The van der Waals surface area contributed by atoms with Crippen molar-refractivity contribution in [3.63, 3.8) is 0 Å². The van der Waals surface area contributed by atoms with E-state index in [9.17, 15) is 8.42 Å². The smallest absolute Gasteiger partial charge is 0.214 e. The summed E-state index contributed by atoms with van der Waals surface area (Å²) in [5.74, 6) is 0.235. The molecule has 4 nitrogen and oxygen atoms in total. The third-order valence-corrected chi connectivity index (χ3v) is 5.68. The van der Waals surface area contributed by atoms with Crippen LogP contribution < -0.4 is 4.90 Å². The van der Waals surface area contributed by atoms with Crippen LogP contribution in [-0.4, -0.2) is 44.7 Å². The standard InChI is InChI=1S/C13H19ClN2O2S/c1-2-11-19(17,18)16-9-7-15(8-10-16)13-6-4-3-5-12(13)14/h3-6H,2,7-11H2,1H3. The summed E-state index contributed by atoms with van der Waals surface area (Å²) in [4.78, 5) is 2.14. The van der Waals surface area contributed by atoms with Gasteiger partial charge in [0.1, 0.15) is 0 Å². The first-order valence-corrected chi connectivity index (χ1v) is 8.50. The van der Waals surface area contributed by atoms with Gasteiger partial charge in [0.25, 0.3) is 0 Å². The number of benzene rings is 1. The normalized spacial score (nSPS) is 17.7. The SMILES string of the molecule is CCCS(=O)(=O)N1CCN(c2ccccc2Cl)CC1. The zero-order chi connectivity index (χ0) is 13.9. The molecule has 2 rings (SSSR count). The van der Waals surface area contributed by atoms with Crippen molar-refractivity contribution >= 4 is 27.3 Å². The number of hydrogen-bond acceptors (Lipinski definition) is 3. The molecular formula is C13H19ClN2O2S. The van der Waals surface area contributed by atoms with E-state index < -0.39 is 10.0 Å². The average molecular weight is 303 g/mol. The third-order valence-electron chi connectivity index (χ3n) is 3.29. The van der Waals surface area contributed by atoms with Crippen molar-refractivity contribution in [2.45, 2.75) is 13.3 Å². The Morgan fingerprint density at radius 2 is 1.79 bits per heavy atom. The van der Waals surface area contributed by atoms with Gasteiger partial charge in [0.05, 0.1) is 16.5 Å². The first kappa shape index (κ1) is 14.6. The maximum Gasteiger partial charge on any atom is 0.214 e. The van der Waals surface area contributed by atoms with Crippen molar-refractivity contribution in [1.82, 2.24) is 4.31 Å². The van der Waals surface area contributed by atoms with Gasteiger partial charge in [0.15, 0.2) is 0 Å². The van der Waals surface area contributed by atoms with E-state index in [1.165, 1.54) is 0 Å². The van der Waals surface area contributed by atoms with Crippen LogP contribution in [0, 0.1) is 0 Å². The number of sulfonamides is 1. The molecule has 1 aromatic rings. The van der Waals surface area contributed by atoms with Crippen LogP contribution in [0.4, 0.5) is 5.69 Å². The lowest BCUT2D eigenvalue weighted by Gasteiger charge is -2.35. The summed E-state index contributed by atoms with van der Waals surface area (Å²) in [5, 5.41) is 0.715. The van der Waals surface area contributed by atoms with Crippen LogP contribution in [0.3, 0.4) is 0 Å². The maximum atomic E-state index is 12.0. The van der Waals surface area contributed by atoms with Crippen molar-refractivity contribution < 1.29 is 8.42 Å². The number of para-hydroxylation sites is 1. The molecule has 1 heterocycles. The van der Waals surface area contributed by atoms with Crippen molar-refractivity contribution in [2.75, 3.05) is 36.8 Å². The van der Waals surface area contributed by atoms with E-state index in [0.29, 0.717) is 37.6 Å². The predicted molar refractivity (Wildman–Crippen MR) is 79.3 cm³/mol. The van der Waals surface area contributed by atoms with Gasteiger partial charge in [-0.3, -0.25) is 0 Å². The second-order valence-corrected chi connectivity index (χ2v) is 7.15. The summed E-state index contributed by atoms with van der Waals surface area (Å²) in [6.45, 7) is 4.33. The number of halogens is 1. The molecule has 0 atom stereocenters. The summed E-state index contributed by atoms with van der Waals surface area (Å²) in [5.41, 5.74) is 0.983. The van der Waals surface area contributed by atoms with E-state index in [1.54, 1.807) is 4.31 Å². The second kappa shape index (κ2) is 6.11. The topological polar surface area (TPSA) is 40.6 Å². The molecule has 1 aliphatic heterocycles. The van der Waals surface area contributed by atoms with Gasteiger partial charge in [-0.2, -0.15) is 4.31 Å². The highest BCUT2D eigenvalue weighted by Crippen LogP contribution is 2.26. The Kier molecular flexibility index (Phi) is 4.71. The van der Waals surface area contributed by atoms with E-state index in [-0.39, 0.29) is 5.75 Å². The molecule has 0 amide bonds. The van der Waals surface area contributed by atoms with Crippen LogP contribution in [0.1, 0.15) is 13.3 Å². The third kappa shape index (κ3) is 3.41. The largest absolute Gasteiger partial charge is 0.368 e. The summed E-state index contributed by atoms with van der Waals surface area (Å²) in [6, 6.07) is 7.67. The van der Waals surface area contributed by atoms with Gasteiger partial charge in [-0.1, -0.05) is 30.7 Å². The van der Waals surface area contributed by atoms with E-state index in [0.717, 1.165) is 5.69 Å². The van der Waals surface area contributed by atoms with Gasteiger partial charge < -0.3 is 4.90 Å². The average Bonchev–Trinajstić information content (AvgIpc) is 2.39. The molecule has 1 fully saturated rings. The predicted octanol–water partition coefficient (Wildman–Crippen LogP) is 2.20. The van der Waals surface area contributed by atoms with Gasteiger partial charge in [-0.05, 0) is 18.6 Å². The zero-order valence-corrected chi connectivity index (χ0v) is 12.6. The minimum Gasteiger partial charge on any atom is -0.368 e. The Morgan fingerprint density at radius 3 is 2.37 bits per heavy atom. The fourth-order valence-corrected chi connectivity index (χ4v) is 4.05. The molecule has 0 radical (unpaired) electrons. The maximum absolute atomic E-state index is 12.0. The summed E-state index contributed by atoms with van der Waals surface area (Å²) >= 11 is 6.16. The zero-order valence-electron chi connectivity index (χ0n) is 11.0. The first-order chi connectivity index (χ1) is 9.04. The van der Waals surface area contributed by atoms with E-state index >= 15 is 0 Å². The van der Waals surface area contributed by atoms with Gasteiger partial charge in [0, 0.05) is 26.2 Å². The lowest BCUT2D eigenvalue weighted by Crippen LogP contribution is -2.49. The molecule has 1 saturated heterocycles. The summed E-state index contributed by atoms with van der Waals surface area (Å²) in [7, 11) is -3.08. The molecule has 0 saturated carbocycles. The highest BCUT2D eigenvalue weighted by atomic mass is 35.5. The molecule has 1 aromatic carbocycles. The van der Waals surface area contributed by atoms with Crippen molar-refractivity contribution in [3.05, 3.63) is 29.3 Å². The Labute approximate surface area is 120 Å². The number of piperazine rings is 1. The summed E-state index contributed by atoms with van der Waals surface area (Å²) in [6.07, 6.45) is 0.660. The second-order valence-electron chi connectivity index (χ2n) is 4.65. The lowest BCUT2D eigenvalue weighted by atomic mass is 10.2. The van der Waals surface area contributed by atoms with Crippen LogP contribution in [0.5, 0.6) is 0 Å². The fraction of sp³-hybridized carbons (Fsp3) is 0.538. The molecule has 0 aliphatic carbocycles. The van der Waals surface area contributed by atoms with Gasteiger partial charge in [-0.15, -0.1) is 0 Å². The number of hydrogen-bond donors (Lipinski definition) is 0. The van der Waals surface area contributed by atoms with Crippen LogP contribution in [-0.2, 0) is 10.0 Å². The number of rotatable bonds is 4. The van der Waals surface area contributed by atoms with Crippen LogP contribution >= 0.6 is 11.6 Å². The molecule has 0 N–H and O–H groups in total. The monoisotopic (exact) mass is 302 g/mol. The molecule has 0 aromatic heterocycles. The Morgan fingerprint density at radius 1 is 1.16 bits per heavy atom. The van der Waals surface area contributed by atoms with Crippen molar-refractivity contribution in [2.24, 2.45) is 0 Å². The Hall–Kier alpha value is -0.780. The Bertz CT molecular complexity index is 525. The van der Waals surface area contributed by atoms with Crippen LogP contribution in [0.25, 0.3) is 0 Å². The molecule has 106 valence electrons. The molecule has 1 aliphatic rings. The van der Waals surface area contributed by atoms with Gasteiger partial charge >= 0.3 is 0 Å². The lowest BCUT2D eigenvalue weighted by molar-refractivity contribution is 0.384. The highest BCUT2D eigenvalue weighted by molar-refractivity contribution is 7.89. The molecular weight excluding hydrogens is 284 g/mol. The minimum absolute atomic E-state index is 0.235. The first-order valence-electron chi connectivity index (χ1n) is 6.52. The Balaban J connectivity index is 2.02. The molecule has 0 spiro atoms. The molecule has 6 heteroatoms. The van der Waals surface area contributed by atoms with Gasteiger partial charge in [0.2, 0.25) is 10.0 Å². The minimum atomic E-state index is -3.08. The van der Waals surface area contributed by atoms with E-state index in [4.69, 9.17) is 11.6 Å². The molecule has 0 bridgehead atoms. The fourth-order valence-electron chi connectivity index (χ4n) is 2.30. The highest BCUT2D eigenvalue weighted by Gasteiger charge is 2.26. The van der Waals surface area contributed by atoms with Crippen molar-refractivity contribution in [3.8, 4) is 0 Å². The van der Waals surface area contributed by atoms with E-state index in [2.05, 4.69) is 4.90 Å². The van der Waals surface area contributed by atoms with Crippen LogP contribution in [0.2, 0.25) is 5.02 Å².